The maximum absolute atomic E-state index is 12.9. The fraction of sp³-hybridized carbons (Fsp3) is 0.143. The zero-order valence-electron chi connectivity index (χ0n) is 18.0. The molecule has 0 fully saturated rings. The van der Waals surface area contributed by atoms with E-state index in [9.17, 15) is 18.3 Å². The van der Waals surface area contributed by atoms with Crippen molar-refractivity contribution in [2.45, 2.75) is 24.3 Å². The van der Waals surface area contributed by atoms with Gasteiger partial charge in [0.25, 0.3) is 0 Å². The van der Waals surface area contributed by atoms with E-state index in [-0.39, 0.29) is 19.8 Å². The number of alkyl halides is 3. The number of halogens is 3. The minimum absolute atomic E-state index is 0.129. The first kappa shape index (κ1) is 23.2. The van der Waals surface area contributed by atoms with Crippen molar-refractivity contribution in [1.29, 1.82) is 0 Å². The predicted octanol–water partition coefficient (Wildman–Crippen LogP) is 6.70. The van der Waals surface area contributed by atoms with E-state index < -0.39 is 11.7 Å². The van der Waals surface area contributed by atoms with Gasteiger partial charge in [0.05, 0.1) is 0 Å². The Labute approximate surface area is 198 Å². The first-order chi connectivity index (χ1) is 15.8. The molecule has 0 aromatic heterocycles. The Morgan fingerprint density at radius 2 is 1.39 bits per heavy atom. The molecular formula is C28H23F3OSe. The van der Waals surface area contributed by atoms with Crippen LogP contribution in [0.2, 0.25) is 0 Å². The van der Waals surface area contributed by atoms with Crippen LogP contribution in [0.15, 0.2) is 97.1 Å². The molecule has 4 aromatic rings. The predicted molar refractivity (Wildman–Crippen MR) is 128 cm³/mol. The van der Waals surface area contributed by atoms with Gasteiger partial charge in [-0.3, -0.25) is 0 Å². The number of hydrogen-bond donors (Lipinski definition) is 1. The second kappa shape index (κ2) is 9.86. The molecule has 0 aliphatic carbocycles. The molecule has 4 rings (SSSR count). The zero-order valence-corrected chi connectivity index (χ0v) is 19.7. The van der Waals surface area contributed by atoms with E-state index in [1.54, 1.807) is 6.07 Å². The fourth-order valence-corrected chi connectivity index (χ4v) is 6.37. The Bertz CT molecular complexity index is 1200. The number of benzene rings is 4. The van der Waals surface area contributed by atoms with Gasteiger partial charge < -0.3 is 0 Å². The molecule has 0 bridgehead atoms. The van der Waals surface area contributed by atoms with Crippen LogP contribution in [-0.2, 0) is 12.6 Å². The molecule has 0 aliphatic heterocycles. The third-order valence-corrected chi connectivity index (χ3v) is 8.16. The van der Waals surface area contributed by atoms with Crippen LogP contribution in [-0.4, -0.2) is 20.1 Å². The molecule has 4 aromatic carbocycles. The van der Waals surface area contributed by atoms with E-state index in [1.165, 1.54) is 27.7 Å². The van der Waals surface area contributed by atoms with Gasteiger partial charge in [0.15, 0.2) is 0 Å². The molecule has 0 radical (unpaired) electrons. The average molecular weight is 511 g/mol. The number of rotatable bonds is 6. The molecular weight excluding hydrogens is 488 g/mol. The summed E-state index contributed by atoms with van der Waals surface area (Å²) in [4.78, 5) is 0.283. The first-order valence-corrected chi connectivity index (χ1v) is 12.4. The van der Waals surface area contributed by atoms with E-state index in [4.69, 9.17) is 0 Å². The van der Waals surface area contributed by atoms with Crippen molar-refractivity contribution < 1.29 is 18.3 Å². The van der Waals surface area contributed by atoms with Gasteiger partial charge in [-0.25, -0.2) is 0 Å². The fourth-order valence-electron chi connectivity index (χ4n) is 3.66. The molecule has 0 aliphatic rings. The molecule has 168 valence electrons. The summed E-state index contributed by atoms with van der Waals surface area (Å²) in [7, 11) is 0. The second-order valence-corrected chi connectivity index (χ2v) is 10.6. The van der Waals surface area contributed by atoms with Crippen molar-refractivity contribution in [1.82, 2.24) is 0 Å². The Morgan fingerprint density at radius 3 is 1.97 bits per heavy atom. The number of phenolic OH excluding ortho intramolecular Hbond substituents is 1. The monoisotopic (exact) mass is 512 g/mol. The van der Waals surface area contributed by atoms with Gasteiger partial charge in [-0.05, 0) is 0 Å². The van der Waals surface area contributed by atoms with Crippen molar-refractivity contribution in [2.75, 3.05) is 0 Å². The van der Waals surface area contributed by atoms with Crippen LogP contribution < -0.4 is 4.46 Å². The summed E-state index contributed by atoms with van der Waals surface area (Å²) < 4.78 is 39.8. The quantitative estimate of drug-likeness (QED) is 0.286. The van der Waals surface area contributed by atoms with E-state index in [1.807, 2.05) is 49.4 Å². The molecule has 0 heterocycles. The van der Waals surface area contributed by atoms with E-state index >= 15 is 0 Å². The van der Waals surface area contributed by atoms with Crippen molar-refractivity contribution >= 4 is 19.4 Å². The molecule has 1 N–H and O–H groups in total. The molecule has 5 heteroatoms. The number of hydrogen-bond acceptors (Lipinski definition) is 1. The van der Waals surface area contributed by atoms with E-state index in [0.717, 1.165) is 35.2 Å². The molecule has 33 heavy (non-hydrogen) atoms. The molecule has 0 spiro atoms. The average Bonchev–Trinajstić information content (AvgIpc) is 2.81. The van der Waals surface area contributed by atoms with Crippen LogP contribution in [0.3, 0.4) is 0 Å². The SMILES string of the molecule is Cc1cc([Se]C(Cc2ccccc2)c2ccc(-c3ccc(C(F)(F)F)cc3)cc2)ccc1O. The summed E-state index contributed by atoms with van der Waals surface area (Å²) in [5.74, 6) is 0.301. The Hall–Kier alpha value is -3.01. The number of phenols is 1. The molecule has 0 saturated heterocycles. The molecule has 1 nitrogen and oxygen atoms in total. The molecule has 0 saturated carbocycles. The van der Waals surface area contributed by atoms with Gasteiger partial charge >= 0.3 is 198 Å². The van der Waals surface area contributed by atoms with Gasteiger partial charge in [0.2, 0.25) is 0 Å². The van der Waals surface area contributed by atoms with Gasteiger partial charge in [-0.1, -0.05) is 0 Å². The van der Waals surface area contributed by atoms with Crippen molar-refractivity contribution in [3.8, 4) is 16.9 Å². The summed E-state index contributed by atoms with van der Waals surface area (Å²) in [6, 6.07) is 29.5. The maximum atomic E-state index is 12.9. The summed E-state index contributed by atoms with van der Waals surface area (Å²) in [5.41, 5.74) is 4.32. The molecule has 1 unspecified atom stereocenters. The van der Waals surface area contributed by atoms with Gasteiger partial charge in [-0.15, -0.1) is 0 Å². The first-order valence-electron chi connectivity index (χ1n) is 10.6. The number of aromatic hydroxyl groups is 1. The Balaban J connectivity index is 1.60. The third kappa shape index (κ3) is 5.87. The summed E-state index contributed by atoms with van der Waals surface area (Å²) in [6.45, 7) is 1.90. The summed E-state index contributed by atoms with van der Waals surface area (Å²) in [5, 5.41) is 9.88. The van der Waals surface area contributed by atoms with Gasteiger partial charge in [0, 0.05) is 0 Å². The van der Waals surface area contributed by atoms with Gasteiger partial charge in [0.1, 0.15) is 0 Å². The van der Waals surface area contributed by atoms with Crippen LogP contribution in [0.1, 0.15) is 27.1 Å². The van der Waals surface area contributed by atoms with E-state index in [2.05, 4.69) is 24.3 Å². The summed E-state index contributed by atoms with van der Waals surface area (Å²) in [6.07, 6.45) is -3.44. The van der Waals surface area contributed by atoms with Crippen LogP contribution >= 0.6 is 0 Å². The van der Waals surface area contributed by atoms with Crippen molar-refractivity contribution in [2.24, 2.45) is 0 Å². The Morgan fingerprint density at radius 1 is 0.788 bits per heavy atom. The number of aryl methyl sites for hydroxylation is 1. The molecule has 1 atom stereocenters. The van der Waals surface area contributed by atoms with E-state index in [0.29, 0.717) is 5.75 Å². The van der Waals surface area contributed by atoms with Crippen LogP contribution in [0.5, 0.6) is 5.75 Å². The van der Waals surface area contributed by atoms with Crippen LogP contribution in [0, 0.1) is 6.92 Å². The third-order valence-electron chi connectivity index (χ3n) is 5.54. The summed E-state index contributed by atoms with van der Waals surface area (Å²) >= 11 is 0.129. The van der Waals surface area contributed by atoms with Gasteiger partial charge in [-0.2, -0.15) is 0 Å². The van der Waals surface area contributed by atoms with Crippen LogP contribution in [0.25, 0.3) is 11.1 Å². The van der Waals surface area contributed by atoms with Crippen molar-refractivity contribution in [3.63, 3.8) is 0 Å². The minimum atomic E-state index is -4.33. The van der Waals surface area contributed by atoms with Crippen molar-refractivity contribution in [3.05, 3.63) is 119 Å². The van der Waals surface area contributed by atoms with Crippen LogP contribution in [0.4, 0.5) is 13.2 Å². The molecule has 0 amide bonds. The zero-order chi connectivity index (χ0) is 23.4. The topological polar surface area (TPSA) is 20.2 Å². The second-order valence-electron chi connectivity index (χ2n) is 7.94. The Kier molecular flexibility index (Phi) is 6.92. The normalized spacial score (nSPS) is 12.5. The standard InChI is InChI=1S/C28H23F3OSe/c1-19-17-25(15-16-26(19)32)33-27(18-20-5-3-2-4-6-20)23-9-7-21(8-10-23)22-11-13-24(14-12-22)28(29,30)31/h2-17,27,32H,18H2,1H3.